The normalized spacial score (nSPS) is 11.9. The number of hydrogen-bond donors (Lipinski definition) is 0. The molecule has 0 fully saturated rings. The maximum absolute atomic E-state index is 13.8. The minimum atomic E-state index is -0.817. The Morgan fingerprint density at radius 1 is 1.11 bits per heavy atom. The van der Waals surface area contributed by atoms with Crippen molar-refractivity contribution in [3.8, 4) is 11.1 Å². The zero-order valence-corrected chi connectivity index (χ0v) is 12.8. The third-order valence-corrected chi connectivity index (χ3v) is 4.93. The van der Waals surface area contributed by atoms with E-state index in [4.69, 9.17) is 0 Å². The third kappa shape index (κ3) is 2.50. The molecule has 0 saturated heterocycles. The lowest BCUT2D eigenvalue weighted by Gasteiger charge is -2.15. The molecule has 4 heteroatoms. The first kappa shape index (κ1) is 13.7. The number of benzene rings is 1. The van der Waals surface area contributed by atoms with Gasteiger partial charge < -0.3 is 0 Å². The summed E-state index contributed by atoms with van der Waals surface area (Å²) in [5.74, 6) is -1.61. The standard InChI is InChI=1S/C14H13BrF2S/c1-14(2,3)11-7-9(13(15)18-11)8-5-4-6-10(16)12(8)17/h4-7H,1-3H3. The van der Waals surface area contributed by atoms with Crippen LogP contribution < -0.4 is 0 Å². The molecule has 0 amide bonds. The molecule has 1 aromatic heterocycles. The average Bonchev–Trinajstić information content (AvgIpc) is 2.64. The Bertz CT molecular complexity index is 582. The van der Waals surface area contributed by atoms with E-state index in [1.165, 1.54) is 6.07 Å². The minimum absolute atomic E-state index is 0.00472. The molecule has 0 saturated carbocycles. The van der Waals surface area contributed by atoms with Crippen molar-refractivity contribution in [2.75, 3.05) is 0 Å². The van der Waals surface area contributed by atoms with Gasteiger partial charge in [0.05, 0.1) is 3.79 Å². The van der Waals surface area contributed by atoms with Crippen LogP contribution in [-0.2, 0) is 5.41 Å². The second-order valence-electron chi connectivity index (χ2n) is 5.15. The first-order chi connectivity index (χ1) is 8.30. The van der Waals surface area contributed by atoms with E-state index in [0.717, 1.165) is 14.7 Å². The van der Waals surface area contributed by atoms with E-state index < -0.39 is 11.6 Å². The summed E-state index contributed by atoms with van der Waals surface area (Å²) in [6.07, 6.45) is 0. The highest BCUT2D eigenvalue weighted by molar-refractivity contribution is 9.11. The van der Waals surface area contributed by atoms with Crippen molar-refractivity contribution in [2.24, 2.45) is 0 Å². The van der Waals surface area contributed by atoms with Crippen LogP contribution in [0.25, 0.3) is 11.1 Å². The summed E-state index contributed by atoms with van der Waals surface area (Å²) in [4.78, 5) is 1.13. The molecule has 0 nitrogen and oxygen atoms in total. The number of thiophene rings is 1. The molecular formula is C14H13BrF2S. The summed E-state index contributed by atoms with van der Waals surface area (Å²) in [5.41, 5.74) is 1.01. The van der Waals surface area contributed by atoms with Crippen LogP contribution in [0.4, 0.5) is 8.78 Å². The van der Waals surface area contributed by atoms with E-state index >= 15 is 0 Å². The van der Waals surface area contributed by atoms with Gasteiger partial charge in [0.25, 0.3) is 0 Å². The first-order valence-corrected chi connectivity index (χ1v) is 7.16. The van der Waals surface area contributed by atoms with Gasteiger partial charge in [-0.05, 0) is 33.5 Å². The fraction of sp³-hybridized carbons (Fsp3) is 0.286. The van der Waals surface area contributed by atoms with Gasteiger partial charge in [-0.25, -0.2) is 8.78 Å². The van der Waals surface area contributed by atoms with Gasteiger partial charge in [0.15, 0.2) is 11.6 Å². The summed E-state index contributed by atoms with van der Waals surface area (Å²) in [5, 5.41) is 0. The number of rotatable bonds is 1. The van der Waals surface area contributed by atoms with Gasteiger partial charge in [-0.1, -0.05) is 32.9 Å². The zero-order valence-electron chi connectivity index (χ0n) is 10.4. The highest BCUT2D eigenvalue weighted by atomic mass is 79.9. The van der Waals surface area contributed by atoms with E-state index in [0.29, 0.717) is 11.1 Å². The summed E-state index contributed by atoms with van der Waals surface area (Å²) in [6, 6.07) is 6.17. The van der Waals surface area contributed by atoms with Crippen LogP contribution in [0.15, 0.2) is 28.1 Å². The largest absolute Gasteiger partial charge is 0.204 e. The Morgan fingerprint density at radius 3 is 2.33 bits per heavy atom. The van der Waals surface area contributed by atoms with E-state index in [1.807, 2.05) is 6.07 Å². The van der Waals surface area contributed by atoms with Gasteiger partial charge in [0, 0.05) is 16.0 Å². The highest BCUT2D eigenvalue weighted by Gasteiger charge is 2.21. The molecule has 0 aliphatic carbocycles. The highest BCUT2D eigenvalue weighted by Crippen LogP contribution is 2.41. The van der Waals surface area contributed by atoms with Crippen LogP contribution in [0.3, 0.4) is 0 Å². The molecule has 2 aromatic rings. The van der Waals surface area contributed by atoms with E-state index in [9.17, 15) is 8.78 Å². The summed E-state index contributed by atoms with van der Waals surface area (Å²) in [6.45, 7) is 6.28. The Balaban J connectivity index is 2.58. The molecule has 18 heavy (non-hydrogen) atoms. The van der Waals surface area contributed by atoms with Gasteiger partial charge in [-0.3, -0.25) is 0 Å². The monoisotopic (exact) mass is 330 g/mol. The third-order valence-electron chi connectivity index (χ3n) is 2.67. The predicted octanol–water partition coefficient (Wildman–Crippen LogP) is 5.75. The van der Waals surface area contributed by atoms with Crippen LogP contribution in [0.2, 0.25) is 0 Å². The second kappa shape index (κ2) is 4.74. The smallest absolute Gasteiger partial charge is 0.166 e. The van der Waals surface area contributed by atoms with Gasteiger partial charge in [0.1, 0.15) is 0 Å². The Kier molecular flexibility index (Phi) is 3.60. The SMILES string of the molecule is CC(C)(C)c1cc(-c2cccc(F)c2F)c(Br)s1. The lowest BCUT2D eigenvalue weighted by Crippen LogP contribution is -2.07. The van der Waals surface area contributed by atoms with E-state index in [2.05, 4.69) is 36.7 Å². The maximum atomic E-state index is 13.8. The molecule has 0 bridgehead atoms. The van der Waals surface area contributed by atoms with Crippen LogP contribution in [0, 0.1) is 11.6 Å². The van der Waals surface area contributed by atoms with Gasteiger partial charge in [0.2, 0.25) is 0 Å². The Morgan fingerprint density at radius 2 is 1.78 bits per heavy atom. The fourth-order valence-electron chi connectivity index (χ4n) is 1.63. The van der Waals surface area contributed by atoms with Crippen LogP contribution in [-0.4, -0.2) is 0 Å². The van der Waals surface area contributed by atoms with Gasteiger partial charge >= 0.3 is 0 Å². The van der Waals surface area contributed by atoms with Crippen molar-refractivity contribution >= 4 is 27.3 Å². The average molecular weight is 331 g/mol. The number of halogens is 3. The summed E-state index contributed by atoms with van der Waals surface area (Å²) in [7, 11) is 0. The van der Waals surface area contributed by atoms with Crippen molar-refractivity contribution in [1.82, 2.24) is 0 Å². The van der Waals surface area contributed by atoms with Crippen LogP contribution in [0.1, 0.15) is 25.6 Å². The van der Waals surface area contributed by atoms with Gasteiger partial charge in [-0.15, -0.1) is 11.3 Å². The molecule has 0 unspecified atom stereocenters. The molecule has 1 heterocycles. The lowest BCUT2D eigenvalue weighted by molar-refractivity contribution is 0.511. The molecule has 0 N–H and O–H groups in total. The Hall–Kier alpha value is -0.740. The van der Waals surface area contributed by atoms with Crippen molar-refractivity contribution in [2.45, 2.75) is 26.2 Å². The number of hydrogen-bond acceptors (Lipinski definition) is 1. The van der Waals surface area contributed by atoms with E-state index in [-0.39, 0.29) is 5.41 Å². The second-order valence-corrected chi connectivity index (χ2v) is 7.52. The predicted molar refractivity (Wildman–Crippen MR) is 76.1 cm³/mol. The van der Waals surface area contributed by atoms with Crippen molar-refractivity contribution in [1.29, 1.82) is 0 Å². The minimum Gasteiger partial charge on any atom is -0.204 e. The molecule has 96 valence electrons. The molecular weight excluding hydrogens is 318 g/mol. The zero-order chi connectivity index (χ0) is 13.5. The summed E-state index contributed by atoms with van der Waals surface area (Å²) >= 11 is 4.99. The van der Waals surface area contributed by atoms with Crippen LogP contribution >= 0.6 is 27.3 Å². The lowest BCUT2D eigenvalue weighted by atomic mass is 9.93. The van der Waals surface area contributed by atoms with Crippen molar-refractivity contribution < 1.29 is 8.78 Å². The molecule has 1 aromatic carbocycles. The molecule has 0 radical (unpaired) electrons. The summed E-state index contributed by atoms with van der Waals surface area (Å²) < 4.78 is 27.9. The topological polar surface area (TPSA) is 0 Å². The Labute approximate surface area is 118 Å². The van der Waals surface area contributed by atoms with Crippen LogP contribution in [0.5, 0.6) is 0 Å². The van der Waals surface area contributed by atoms with Crippen molar-refractivity contribution in [3.05, 3.63) is 44.6 Å². The maximum Gasteiger partial charge on any atom is 0.166 e. The fourth-order valence-corrected chi connectivity index (χ4v) is 3.44. The molecule has 2 rings (SSSR count). The first-order valence-electron chi connectivity index (χ1n) is 5.55. The molecule has 0 atom stereocenters. The van der Waals surface area contributed by atoms with Crippen molar-refractivity contribution in [3.63, 3.8) is 0 Å². The molecule has 0 aliphatic rings. The molecule has 0 spiro atoms. The molecule has 0 aliphatic heterocycles. The van der Waals surface area contributed by atoms with E-state index in [1.54, 1.807) is 17.4 Å². The van der Waals surface area contributed by atoms with Gasteiger partial charge in [-0.2, -0.15) is 0 Å². The quantitative estimate of drug-likeness (QED) is 0.624.